The van der Waals surface area contributed by atoms with E-state index in [0.29, 0.717) is 12.1 Å². The van der Waals surface area contributed by atoms with E-state index in [0.717, 1.165) is 12.0 Å². The van der Waals surface area contributed by atoms with Crippen LogP contribution in [0.25, 0.3) is 0 Å². The van der Waals surface area contributed by atoms with Crippen molar-refractivity contribution in [3.63, 3.8) is 0 Å². The summed E-state index contributed by atoms with van der Waals surface area (Å²) >= 11 is 0. The van der Waals surface area contributed by atoms with Gasteiger partial charge in [0.2, 0.25) is 0 Å². The second kappa shape index (κ2) is 4.37. The van der Waals surface area contributed by atoms with Gasteiger partial charge in [-0.3, -0.25) is 10.1 Å². The molecule has 1 aromatic carbocycles. The number of hydrogen-bond acceptors (Lipinski definition) is 2. The van der Waals surface area contributed by atoms with Gasteiger partial charge in [0.15, 0.2) is 0 Å². The van der Waals surface area contributed by atoms with Crippen LogP contribution in [0.2, 0.25) is 0 Å². The van der Waals surface area contributed by atoms with Crippen molar-refractivity contribution >= 4 is 5.91 Å². The summed E-state index contributed by atoms with van der Waals surface area (Å²) in [5.41, 5.74) is 1.65. The highest BCUT2D eigenvalue weighted by atomic mass is 19.4. The molecule has 2 rings (SSSR count). The fraction of sp³-hybridized carbons (Fsp3) is 0.364. The highest BCUT2D eigenvalue weighted by molar-refractivity contribution is 5.82. The summed E-state index contributed by atoms with van der Waals surface area (Å²) in [7, 11) is 0. The molecule has 0 fully saturated rings. The topological polar surface area (TPSA) is 41.1 Å². The zero-order valence-electron chi connectivity index (χ0n) is 8.84. The van der Waals surface area contributed by atoms with Crippen molar-refractivity contribution in [2.24, 2.45) is 0 Å². The summed E-state index contributed by atoms with van der Waals surface area (Å²) in [6, 6.07) is 7.12. The first kappa shape index (κ1) is 11.9. The van der Waals surface area contributed by atoms with Gasteiger partial charge in [0, 0.05) is 6.54 Å². The maximum absolute atomic E-state index is 12.1. The summed E-state index contributed by atoms with van der Waals surface area (Å²) in [4.78, 5) is 10.9. The number of carbonyl (C=O) groups is 1. The minimum absolute atomic E-state index is 0.541. The Labute approximate surface area is 96.0 Å². The molecular weight excluding hydrogens is 233 g/mol. The second-order valence-electron chi connectivity index (χ2n) is 3.81. The molecule has 1 heterocycles. The third-order valence-corrected chi connectivity index (χ3v) is 2.64. The molecule has 0 aliphatic carbocycles. The van der Waals surface area contributed by atoms with Gasteiger partial charge in [-0.05, 0) is 17.5 Å². The van der Waals surface area contributed by atoms with E-state index in [2.05, 4.69) is 5.32 Å². The first-order valence-electron chi connectivity index (χ1n) is 5.17. The van der Waals surface area contributed by atoms with Crippen LogP contribution in [0.5, 0.6) is 0 Å². The molecule has 0 bridgehead atoms. The summed E-state index contributed by atoms with van der Waals surface area (Å²) in [6.45, 7) is 0.541. The van der Waals surface area contributed by atoms with Gasteiger partial charge >= 0.3 is 12.1 Å². The SMILES string of the molecule is O=C(NC1NCCc2ccccc21)C(F)(F)F. The van der Waals surface area contributed by atoms with Crippen molar-refractivity contribution in [3.05, 3.63) is 35.4 Å². The fourth-order valence-corrected chi connectivity index (χ4v) is 1.85. The Morgan fingerprint density at radius 3 is 2.76 bits per heavy atom. The molecule has 0 saturated heterocycles. The Hall–Kier alpha value is -1.56. The predicted molar refractivity (Wildman–Crippen MR) is 55.1 cm³/mol. The van der Waals surface area contributed by atoms with Crippen LogP contribution in [0.1, 0.15) is 17.3 Å². The average Bonchev–Trinajstić information content (AvgIpc) is 2.28. The van der Waals surface area contributed by atoms with Gasteiger partial charge < -0.3 is 5.32 Å². The summed E-state index contributed by atoms with van der Waals surface area (Å²) < 4.78 is 36.4. The van der Waals surface area contributed by atoms with Gasteiger partial charge in [0.25, 0.3) is 0 Å². The highest BCUT2D eigenvalue weighted by Crippen LogP contribution is 2.22. The Morgan fingerprint density at radius 1 is 1.35 bits per heavy atom. The van der Waals surface area contributed by atoms with E-state index in [1.807, 2.05) is 17.4 Å². The number of alkyl halides is 3. The zero-order chi connectivity index (χ0) is 12.5. The third kappa shape index (κ3) is 2.58. The first-order valence-corrected chi connectivity index (χ1v) is 5.17. The quantitative estimate of drug-likeness (QED) is 0.786. The molecule has 6 heteroatoms. The maximum atomic E-state index is 12.1. The van der Waals surface area contributed by atoms with Crippen LogP contribution in [0, 0.1) is 0 Å². The van der Waals surface area contributed by atoms with Gasteiger partial charge in [-0.25, -0.2) is 0 Å². The standard InChI is InChI=1S/C11H11F3N2O/c12-11(13,14)10(17)16-9-8-4-2-1-3-7(8)5-6-15-9/h1-4,9,15H,5-6H2,(H,16,17). The van der Waals surface area contributed by atoms with Gasteiger partial charge in [0.05, 0.1) is 0 Å². The van der Waals surface area contributed by atoms with Crippen LogP contribution in [0.15, 0.2) is 24.3 Å². The Bertz CT molecular complexity index is 431. The van der Waals surface area contributed by atoms with Gasteiger partial charge in [-0.2, -0.15) is 13.2 Å². The molecule has 1 unspecified atom stereocenters. The van der Waals surface area contributed by atoms with Crippen LogP contribution >= 0.6 is 0 Å². The Morgan fingerprint density at radius 2 is 2.06 bits per heavy atom. The van der Waals surface area contributed by atoms with Gasteiger partial charge in [-0.1, -0.05) is 24.3 Å². The van der Waals surface area contributed by atoms with Crippen molar-refractivity contribution in [1.82, 2.24) is 10.6 Å². The van der Waals surface area contributed by atoms with Crippen molar-refractivity contribution in [2.45, 2.75) is 18.8 Å². The molecule has 0 saturated carbocycles. The number of benzene rings is 1. The van der Waals surface area contributed by atoms with E-state index in [1.54, 1.807) is 12.1 Å². The van der Waals surface area contributed by atoms with Crippen molar-refractivity contribution in [2.75, 3.05) is 6.54 Å². The Balaban J connectivity index is 2.17. The van der Waals surface area contributed by atoms with E-state index < -0.39 is 18.2 Å². The van der Waals surface area contributed by atoms with E-state index in [-0.39, 0.29) is 0 Å². The lowest BCUT2D eigenvalue weighted by Crippen LogP contribution is -2.46. The number of amides is 1. The third-order valence-electron chi connectivity index (χ3n) is 2.64. The molecule has 0 aromatic heterocycles. The van der Waals surface area contributed by atoms with Crippen molar-refractivity contribution in [3.8, 4) is 0 Å². The molecule has 1 amide bonds. The number of hydrogen-bond donors (Lipinski definition) is 2. The number of carbonyl (C=O) groups excluding carboxylic acids is 1. The molecule has 92 valence electrons. The van der Waals surface area contributed by atoms with Crippen LogP contribution in [-0.4, -0.2) is 18.6 Å². The molecule has 1 aliphatic heterocycles. The molecule has 17 heavy (non-hydrogen) atoms. The van der Waals surface area contributed by atoms with Crippen LogP contribution in [0.4, 0.5) is 13.2 Å². The zero-order valence-corrected chi connectivity index (χ0v) is 8.84. The highest BCUT2D eigenvalue weighted by Gasteiger charge is 2.40. The summed E-state index contributed by atoms with van der Waals surface area (Å²) in [6.07, 6.45) is -4.88. The number of fused-ring (bicyclic) bond motifs is 1. The molecule has 0 radical (unpaired) electrons. The van der Waals surface area contributed by atoms with E-state index in [9.17, 15) is 18.0 Å². The van der Waals surface area contributed by atoms with Gasteiger partial charge in [0.1, 0.15) is 6.17 Å². The molecule has 3 nitrogen and oxygen atoms in total. The summed E-state index contributed by atoms with van der Waals surface area (Å²) in [5, 5.41) is 4.79. The number of nitrogens with one attached hydrogen (secondary N) is 2. The number of rotatable bonds is 1. The molecule has 1 aliphatic rings. The van der Waals surface area contributed by atoms with E-state index in [4.69, 9.17) is 0 Å². The maximum Gasteiger partial charge on any atom is 0.471 e. The average molecular weight is 244 g/mol. The number of halogens is 3. The normalized spacial score (nSPS) is 19.6. The van der Waals surface area contributed by atoms with E-state index >= 15 is 0 Å². The van der Waals surface area contributed by atoms with E-state index in [1.165, 1.54) is 0 Å². The largest absolute Gasteiger partial charge is 0.471 e. The van der Waals surface area contributed by atoms with Crippen molar-refractivity contribution in [1.29, 1.82) is 0 Å². The molecule has 1 aromatic rings. The summed E-state index contributed by atoms with van der Waals surface area (Å²) in [5.74, 6) is -1.92. The molecular formula is C11H11F3N2O. The lowest BCUT2D eigenvalue weighted by Gasteiger charge is -2.27. The van der Waals surface area contributed by atoms with Crippen LogP contribution in [-0.2, 0) is 11.2 Å². The predicted octanol–water partition coefficient (Wildman–Crippen LogP) is 1.51. The van der Waals surface area contributed by atoms with Crippen LogP contribution < -0.4 is 10.6 Å². The first-order chi connectivity index (χ1) is 7.98. The molecule has 2 N–H and O–H groups in total. The minimum Gasteiger partial charge on any atom is -0.329 e. The lowest BCUT2D eigenvalue weighted by molar-refractivity contribution is -0.174. The fourth-order valence-electron chi connectivity index (χ4n) is 1.85. The molecule has 1 atom stereocenters. The Kier molecular flexibility index (Phi) is 3.06. The van der Waals surface area contributed by atoms with Gasteiger partial charge in [-0.15, -0.1) is 0 Å². The second-order valence-corrected chi connectivity index (χ2v) is 3.81. The minimum atomic E-state index is -4.85. The van der Waals surface area contributed by atoms with Crippen LogP contribution in [0.3, 0.4) is 0 Å². The molecule has 0 spiro atoms. The lowest BCUT2D eigenvalue weighted by atomic mass is 9.98. The van der Waals surface area contributed by atoms with Crippen molar-refractivity contribution < 1.29 is 18.0 Å². The monoisotopic (exact) mass is 244 g/mol. The smallest absolute Gasteiger partial charge is 0.329 e.